The highest BCUT2D eigenvalue weighted by Crippen LogP contribution is 2.10. The minimum Gasteiger partial charge on any atom is -0.385 e. The summed E-state index contributed by atoms with van der Waals surface area (Å²) in [6.07, 6.45) is 2.92. The molecule has 15 heavy (non-hydrogen) atoms. The minimum absolute atomic E-state index is 0.724. The highest BCUT2D eigenvalue weighted by molar-refractivity contribution is 5.77. The van der Waals surface area contributed by atoms with Crippen molar-refractivity contribution in [2.45, 2.75) is 33.2 Å². The van der Waals surface area contributed by atoms with Crippen LogP contribution >= 0.6 is 0 Å². The maximum absolute atomic E-state index is 10.8. The van der Waals surface area contributed by atoms with Gasteiger partial charge in [-0.2, -0.15) is 5.10 Å². The second-order valence-electron chi connectivity index (χ2n) is 3.63. The van der Waals surface area contributed by atoms with Crippen LogP contribution in [0.4, 0.5) is 0 Å². The van der Waals surface area contributed by atoms with Crippen LogP contribution in [0.5, 0.6) is 0 Å². The largest absolute Gasteiger partial charge is 0.385 e. The van der Waals surface area contributed by atoms with E-state index in [-0.39, 0.29) is 0 Å². The Morgan fingerprint density at radius 1 is 1.40 bits per heavy atom. The summed E-state index contributed by atoms with van der Waals surface area (Å²) in [5.74, 6) is 0. The van der Waals surface area contributed by atoms with E-state index in [1.165, 1.54) is 0 Å². The molecule has 1 heterocycles. The molecule has 0 bridgehead atoms. The van der Waals surface area contributed by atoms with Gasteiger partial charge in [0.05, 0.1) is 11.3 Å². The molecule has 0 atom stereocenters. The van der Waals surface area contributed by atoms with Gasteiger partial charge in [-0.15, -0.1) is 0 Å². The molecule has 0 fully saturated rings. The predicted octanol–water partition coefficient (Wildman–Crippen LogP) is 1.74. The van der Waals surface area contributed by atoms with Crippen molar-refractivity contribution in [1.82, 2.24) is 9.78 Å². The zero-order valence-electron chi connectivity index (χ0n) is 9.62. The number of hydrogen-bond donors (Lipinski definition) is 0. The molecule has 1 aromatic rings. The van der Waals surface area contributed by atoms with Crippen molar-refractivity contribution in [2.75, 3.05) is 13.7 Å². The molecule has 4 nitrogen and oxygen atoms in total. The summed E-state index contributed by atoms with van der Waals surface area (Å²) in [6.45, 7) is 5.42. The summed E-state index contributed by atoms with van der Waals surface area (Å²) in [6, 6.07) is 0. The van der Waals surface area contributed by atoms with E-state index < -0.39 is 0 Å². The summed E-state index contributed by atoms with van der Waals surface area (Å²) < 4.78 is 6.87. The number of ether oxygens (including phenoxy) is 1. The van der Waals surface area contributed by atoms with Crippen molar-refractivity contribution in [3.05, 3.63) is 17.0 Å². The zero-order valence-corrected chi connectivity index (χ0v) is 9.62. The van der Waals surface area contributed by atoms with Crippen molar-refractivity contribution >= 4 is 6.29 Å². The van der Waals surface area contributed by atoms with Gasteiger partial charge in [-0.25, -0.2) is 0 Å². The fourth-order valence-electron chi connectivity index (χ4n) is 1.61. The molecule has 0 radical (unpaired) electrons. The van der Waals surface area contributed by atoms with Crippen LogP contribution < -0.4 is 0 Å². The average molecular weight is 210 g/mol. The van der Waals surface area contributed by atoms with Crippen molar-refractivity contribution in [2.24, 2.45) is 0 Å². The lowest BCUT2D eigenvalue weighted by atomic mass is 10.2. The molecule has 0 saturated heterocycles. The summed E-state index contributed by atoms with van der Waals surface area (Å²) in [5.41, 5.74) is 2.50. The van der Waals surface area contributed by atoms with Gasteiger partial charge in [0.15, 0.2) is 6.29 Å². The molecule has 0 unspecified atom stereocenters. The second kappa shape index (κ2) is 5.66. The molecule has 0 saturated carbocycles. The first-order valence-corrected chi connectivity index (χ1v) is 5.18. The molecule has 1 aromatic heterocycles. The summed E-state index contributed by atoms with van der Waals surface area (Å²) >= 11 is 0. The lowest BCUT2D eigenvalue weighted by Crippen LogP contribution is -2.04. The molecule has 4 heteroatoms. The molecule has 0 spiro atoms. The number of nitrogens with zero attached hydrogens (tertiary/aromatic N) is 2. The fraction of sp³-hybridized carbons (Fsp3) is 0.636. The first kappa shape index (κ1) is 11.9. The molecule has 0 N–H and O–H groups in total. The van der Waals surface area contributed by atoms with E-state index in [1.807, 2.05) is 18.5 Å². The van der Waals surface area contributed by atoms with E-state index in [0.717, 1.165) is 49.2 Å². The van der Waals surface area contributed by atoms with Crippen molar-refractivity contribution in [3.8, 4) is 0 Å². The predicted molar refractivity (Wildman–Crippen MR) is 58.2 cm³/mol. The topological polar surface area (TPSA) is 44.1 Å². The normalized spacial score (nSPS) is 10.6. The molecule has 0 aliphatic heterocycles. The molecule has 0 aliphatic carbocycles. The van der Waals surface area contributed by atoms with Crippen LogP contribution in [0.2, 0.25) is 0 Å². The Kier molecular flexibility index (Phi) is 4.49. The third-order valence-corrected chi connectivity index (χ3v) is 2.52. The lowest BCUT2D eigenvalue weighted by molar-refractivity contribution is 0.112. The monoisotopic (exact) mass is 210 g/mol. The standard InChI is InChI=1S/C11H18N2O2/c1-9-11(8-14)10(2)13(12-9)6-4-5-7-15-3/h8H,4-7H2,1-3H3. The number of rotatable bonds is 6. The number of hydrogen-bond acceptors (Lipinski definition) is 3. The zero-order chi connectivity index (χ0) is 11.3. The smallest absolute Gasteiger partial charge is 0.153 e. The molecule has 0 amide bonds. The molecule has 1 rings (SSSR count). The average Bonchev–Trinajstić information content (AvgIpc) is 2.49. The SMILES string of the molecule is COCCCCn1nc(C)c(C=O)c1C. The number of unbranched alkanes of at least 4 members (excludes halogenated alkanes) is 1. The van der Waals surface area contributed by atoms with Gasteiger partial charge < -0.3 is 4.74 Å². The van der Waals surface area contributed by atoms with Gasteiger partial charge >= 0.3 is 0 Å². The number of aldehydes is 1. The van der Waals surface area contributed by atoms with E-state index >= 15 is 0 Å². The van der Waals surface area contributed by atoms with Gasteiger partial charge in [0.1, 0.15) is 0 Å². The lowest BCUT2D eigenvalue weighted by Gasteiger charge is -2.03. The number of carbonyl (C=O) groups excluding carboxylic acids is 1. The number of carbonyl (C=O) groups is 1. The summed E-state index contributed by atoms with van der Waals surface area (Å²) in [7, 11) is 1.70. The van der Waals surface area contributed by atoms with Crippen LogP contribution in [0.1, 0.15) is 34.6 Å². The van der Waals surface area contributed by atoms with Gasteiger partial charge in [0.25, 0.3) is 0 Å². The third kappa shape index (κ3) is 2.89. The summed E-state index contributed by atoms with van der Waals surface area (Å²) in [4.78, 5) is 10.8. The quantitative estimate of drug-likeness (QED) is 0.530. The molecular weight excluding hydrogens is 192 g/mol. The number of methoxy groups -OCH3 is 1. The van der Waals surface area contributed by atoms with E-state index in [0.29, 0.717) is 0 Å². The second-order valence-corrected chi connectivity index (χ2v) is 3.63. The maximum atomic E-state index is 10.8. The van der Waals surface area contributed by atoms with E-state index in [4.69, 9.17) is 4.74 Å². The molecule has 0 aromatic carbocycles. The Morgan fingerprint density at radius 3 is 2.67 bits per heavy atom. The first-order valence-electron chi connectivity index (χ1n) is 5.18. The van der Waals surface area contributed by atoms with Crippen LogP contribution in [0.3, 0.4) is 0 Å². The van der Waals surface area contributed by atoms with Gasteiger partial charge in [0, 0.05) is 26.0 Å². The van der Waals surface area contributed by atoms with Gasteiger partial charge in [-0.1, -0.05) is 0 Å². The third-order valence-electron chi connectivity index (χ3n) is 2.52. The Hall–Kier alpha value is -1.16. The number of aromatic nitrogens is 2. The van der Waals surface area contributed by atoms with Crippen LogP contribution in [0, 0.1) is 13.8 Å². The van der Waals surface area contributed by atoms with Gasteiger partial charge in [0.2, 0.25) is 0 Å². The van der Waals surface area contributed by atoms with E-state index in [1.54, 1.807) is 7.11 Å². The van der Waals surface area contributed by atoms with Crippen molar-refractivity contribution < 1.29 is 9.53 Å². The minimum atomic E-state index is 0.724. The molecule has 0 aliphatic rings. The van der Waals surface area contributed by atoms with E-state index in [2.05, 4.69) is 5.10 Å². The van der Waals surface area contributed by atoms with Gasteiger partial charge in [-0.3, -0.25) is 9.48 Å². The van der Waals surface area contributed by atoms with Crippen LogP contribution in [-0.4, -0.2) is 29.8 Å². The van der Waals surface area contributed by atoms with Crippen LogP contribution in [0.25, 0.3) is 0 Å². The fourth-order valence-corrected chi connectivity index (χ4v) is 1.61. The molecular formula is C11H18N2O2. The van der Waals surface area contributed by atoms with Crippen LogP contribution in [0.15, 0.2) is 0 Å². The summed E-state index contributed by atoms with van der Waals surface area (Å²) in [5, 5.41) is 4.32. The Labute approximate surface area is 90.2 Å². The van der Waals surface area contributed by atoms with Crippen molar-refractivity contribution in [1.29, 1.82) is 0 Å². The van der Waals surface area contributed by atoms with Crippen LogP contribution in [-0.2, 0) is 11.3 Å². The van der Waals surface area contributed by atoms with Gasteiger partial charge in [-0.05, 0) is 26.7 Å². The highest BCUT2D eigenvalue weighted by atomic mass is 16.5. The first-order chi connectivity index (χ1) is 7.20. The Morgan fingerprint density at radius 2 is 2.13 bits per heavy atom. The highest BCUT2D eigenvalue weighted by Gasteiger charge is 2.09. The Bertz CT molecular complexity index is 332. The molecule has 84 valence electrons. The maximum Gasteiger partial charge on any atom is 0.153 e. The Balaban J connectivity index is 2.58. The number of aryl methyl sites for hydroxylation is 2. The van der Waals surface area contributed by atoms with Crippen molar-refractivity contribution in [3.63, 3.8) is 0 Å². The van der Waals surface area contributed by atoms with E-state index in [9.17, 15) is 4.79 Å².